The minimum absolute atomic E-state index is 0.0986. The molecule has 384 valence electrons. The Morgan fingerprint density at radius 2 is 0.597 bits per heavy atom. The van der Waals surface area contributed by atoms with E-state index in [1.54, 1.807) is 0 Å². The molecule has 6 heteroatoms. The molecule has 0 saturated carbocycles. The third-order valence-electron chi connectivity index (χ3n) is 11.9. The van der Waals surface area contributed by atoms with Crippen molar-refractivity contribution >= 4 is 17.9 Å². The maximum atomic E-state index is 12.8. The molecule has 0 amide bonds. The molecular formula is C61H104O6. The highest BCUT2D eigenvalue weighted by atomic mass is 16.6. The number of hydrogen-bond donors (Lipinski definition) is 0. The number of carbonyl (C=O) groups is 3. The molecule has 0 aromatic carbocycles. The van der Waals surface area contributed by atoms with E-state index in [1.165, 1.54) is 135 Å². The van der Waals surface area contributed by atoms with Gasteiger partial charge < -0.3 is 14.2 Å². The highest BCUT2D eigenvalue weighted by Crippen LogP contribution is 2.15. The Balaban J connectivity index is 4.45. The van der Waals surface area contributed by atoms with Crippen LogP contribution in [0.5, 0.6) is 0 Å². The standard InChI is InChI=1S/C61H104O6/c1-4-7-10-13-16-19-22-25-27-29-30-32-33-36-39-42-45-48-51-54-60(63)66-57-58(56-65-59(62)53-50-47-44-41-38-35-24-21-18-15-12-9-6-3)67-61(64)55-52-49-46-43-40-37-34-31-28-26-23-20-17-14-11-8-5-2/h8,11,16-17,19-20,25-28,34,37,43,46,58H,4-7,9-10,12-15,18,21-24,29-33,35-36,38-42,44-45,47-57H2,1-3H3/b11-8-,19-16-,20-17-,27-25-,28-26-,37-34-,46-43-/t58-/m0/s1. The van der Waals surface area contributed by atoms with Crippen LogP contribution in [0.4, 0.5) is 0 Å². The van der Waals surface area contributed by atoms with E-state index in [1.807, 2.05) is 0 Å². The van der Waals surface area contributed by atoms with Crippen molar-refractivity contribution in [3.8, 4) is 0 Å². The fourth-order valence-corrected chi connectivity index (χ4v) is 7.68. The van der Waals surface area contributed by atoms with Gasteiger partial charge in [0.15, 0.2) is 6.10 Å². The van der Waals surface area contributed by atoms with E-state index in [-0.39, 0.29) is 37.5 Å². The van der Waals surface area contributed by atoms with Gasteiger partial charge in [-0.25, -0.2) is 0 Å². The third kappa shape index (κ3) is 53.4. The molecule has 0 saturated heterocycles. The van der Waals surface area contributed by atoms with Gasteiger partial charge >= 0.3 is 17.9 Å². The normalized spacial score (nSPS) is 12.7. The Kier molecular flexibility index (Phi) is 52.4. The molecule has 6 nitrogen and oxygen atoms in total. The number of rotatable bonds is 50. The quantitative estimate of drug-likeness (QED) is 0.0262. The Bertz CT molecular complexity index is 1300. The average Bonchev–Trinajstić information content (AvgIpc) is 3.33. The molecule has 0 spiro atoms. The lowest BCUT2D eigenvalue weighted by atomic mass is 10.0. The van der Waals surface area contributed by atoms with Gasteiger partial charge in [0, 0.05) is 19.3 Å². The second kappa shape index (κ2) is 55.2. The van der Waals surface area contributed by atoms with E-state index in [0.29, 0.717) is 19.3 Å². The zero-order valence-electron chi connectivity index (χ0n) is 43.9. The third-order valence-corrected chi connectivity index (χ3v) is 11.9. The molecule has 0 aromatic rings. The van der Waals surface area contributed by atoms with Crippen molar-refractivity contribution in [1.82, 2.24) is 0 Å². The number of carbonyl (C=O) groups excluding carboxylic acids is 3. The Labute approximate surface area is 414 Å². The first-order chi connectivity index (χ1) is 33.0. The lowest BCUT2D eigenvalue weighted by Crippen LogP contribution is -2.30. The number of allylic oxidation sites excluding steroid dienone is 14. The van der Waals surface area contributed by atoms with Gasteiger partial charge in [0.2, 0.25) is 0 Å². The Hall–Kier alpha value is -3.41. The van der Waals surface area contributed by atoms with Crippen molar-refractivity contribution in [3.63, 3.8) is 0 Å². The number of unbranched alkanes of at least 4 members (excludes halogenated alkanes) is 25. The fourth-order valence-electron chi connectivity index (χ4n) is 7.68. The first-order valence-electron chi connectivity index (χ1n) is 28.1. The lowest BCUT2D eigenvalue weighted by molar-refractivity contribution is -0.167. The fraction of sp³-hybridized carbons (Fsp3) is 0.721. The van der Waals surface area contributed by atoms with Crippen LogP contribution in [0.15, 0.2) is 85.1 Å². The van der Waals surface area contributed by atoms with Crippen LogP contribution in [0, 0.1) is 0 Å². The highest BCUT2D eigenvalue weighted by Gasteiger charge is 2.19. The van der Waals surface area contributed by atoms with Crippen molar-refractivity contribution in [1.29, 1.82) is 0 Å². The van der Waals surface area contributed by atoms with Gasteiger partial charge in [-0.2, -0.15) is 0 Å². The summed E-state index contributed by atoms with van der Waals surface area (Å²) in [6.07, 6.45) is 71.4. The summed E-state index contributed by atoms with van der Waals surface area (Å²) in [5.74, 6) is -0.957. The van der Waals surface area contributed by atoms with Crippen LogP contribution in [-0.4, -0.2) is 37.2 Å². The molecule has 0 heterocycles. The van der Waals surface area contributed by atoms with Crippen LogP contribution in [-0.2, 0) is 28.6 Å². The summed E-state index contributed by atoms with van der Waals surface area (Å²) in [5.41, 5.74) is 0. The first-order valence-corrected chi connectivity index (χ1v) is 28.1. The molecule has 0 unspecified atom stereocenters. The van der Waals surface area contributed by atoms with Crippen molar-refractivity contribution in [2.24, 2.45) is 0 Å². The van der Waals surface area contributed by atoms with E-state index >= 15 is 0 Å². The van der Waals surface area contributed by atoms with E-state index in [9.17, 15) is 14.4 Å². The van der Waals surface area contributed by atoms with Crippen LogP contribution in [0.25, 0.3) is 0 Å². The molecule has 0 N–H and O–H groups in total. The predicted octanol–water partition coefficient (Wildman–Crippen LogP) is 18.8. The Morgan fingerprint density at radius 3 is 0.985 bits per heavy atom. The Morgan fingerprint density at radius 1 is 0.313 bits per heavy atom. The molecule has 0 aliphatic heterocycles. The van der Waals surface area contributed by atoms with E-state index in [2.05, 4.69) is 106 Å². The zero-order chi connectivity index (χ0) is 48.6. The monoisotopic (exact) mass is 933 g/mol. The molecule has 0 aliphatic rings. The zero-order valence-corrected chi connectivity index (χ0v) is 43.9. The van der Waals surface area contributed by atoms with Gasteiger partial charge in [-0.1, -0.05) is 241 Å². The van der Waals surface area contributed by atoms with Crippen LogP contribution in [0.3, 0.4) is 0 Å². The molecule has 0 radical (unpaired) electrons. The van der Waals surface area contributed by atoms with Gasteiger partial charge in [-0.05, 0) is 89.9 Å². The summed E-state index contributed by atoms with van der Waals surface area (Å²) < 4.78 is 16.8. The summed E-state index contributed by atoms with van der Waals surface area (Å²) in [5, 5.41) is 0. The summed E-state index contributed by atoms with van der Waals surface area (Å²) in [6.45, 7) is 6.46. The van der Waals surface area contributed by atoms with Gasteiger partial charge in [0.1, 0.15) is 13.2 Å². The van der Waals surface area contributed by atoms with Crippen LogP contribution in [0.2, 0.25) is 0 Å². The molecule has 0 fully saturated rings. The minimum Gasteiger partial charge on any atom is -0.462 e. The minimum atomic E-state index is -0.806. The number of ether oxygens (including phenoxy) is 3. The van der Waals surface area contributed by atoms with Gasteiger partial charge in [0.25, 0.3) is 0 Å². The van der Waals surface area contributed by atoms with E-state index in [0.717, 1.165) is 83.5 Å². The lowest BCUT2D eigenvalue weighted by Gasteiger charge is -2.18. The maximum Gasteiger partial charge on any atom is 0.306 e. The van der Waals surface area contributed by atoms with Crippen molar-refractivity contribution in [2.45, 2.75) is 271 Å². The van der Waals surface area contributed by atoms with Crippen LogP contribution >= 0.6 is 0 Å². The van der Waals surface area contributed by atoms with Crippen molar-refractivity contribution in [3.05, 3.63) is 85.1 Å². The summed E-state index contributed by atoms with van der Waals surface area (Å²) in [4.78, 5) is 38.1. The number of esters is 3. The first kappa shape index (κ1) is 63.6. The van der Waals surface area contributed by atoms with Gasteiger partial charge in [-0.15, -0.1) is 0 Å². The molecule has 0 aliphatic carbocycles. The molecule has 1 atom stereocenters. The van der Waals surface area contributed by atoms with Gasteiger partial charge in [-0.3, -0.25) is 14.4 Å². The van der Waals surface area contributed by atoms with E-state index in [4.69, 9.17) is 14.2 Å². The molecule has 0 rings (SSSR count). The largest absolute Gasteiger partial charge is 0.462 e. The van der Waals surface area contributed by atoms with Crippen molar-refractivity contribution < 1.29 is 28.6 Å². The second-order valence-corrected chi connectivity index (χ2v) is 18.5. The molecule has 67 heavy (non-hydrogen) atoms. The predicted molar refractivity (Wildman–Crippen MR) is 288 cm³/mol. The van der Waals surface area contributed by atoms with E-state index < -0.39 is 6.10 Å². The second-order valence-electron chi connectivity index (χ2n) is 18.5. The highest BCUT2D eigenvalue weighted by molar-refractivity contribution is 5.71. The summed E-state index contributed by atoms with van der Waals surface area (Å²) in [6, 6.07) is 0. The molecule has 0 aromatic heterocycles. The summed E-state index contributed by atoms with van der Waals surface area (Å²) in [7, 11) is 0. The maximum absolute atomic E-state index is 12.8. The molecular weight excluding hydrogens is 829 g/mol. The number of hydrogen-bond acceptors (Lipinski definition) is 6. The van der Waals surface area contributed by atoms with Crippen LogP contribution < -0.4 is 0 Å². The molecule has 0 bridgehead atoms. The van der Waals surface area contributed by atoms with Crippen LogP contribution in [0.1, 0.15) is 265 Å². The van der Waals surface area contributed by atoms with Gasteiger partial charge in [0.05, 0.1) is 0 Å². The smallest absolute Gasteiger partial charge is 0.306 e. The average molecular weight is 933 g/mol. The topological polar surface area (TPSA) is 78.9 Å². The van der Waals surface area contributed by atoms with Crippen molar-refractivity contribution in [2.75, 3.05) is 13.2 Å². The summed E-state index contributed by atoms with van der Waals surface area (Å²) >= 11 is 0. The SMILES string of the molecule is CC/C=C\C/C=C\C/C=C\C/C=C\C/C=C\CCCC(=O)O[C@H](COC(=O)CCCCCCCCCCC/C=C\C/C=C\CCCCC)COC(=O)CCCCCCCCCCCCCCC.